The van der Waals surface area contributed by atoms with E-state index in [0.717, 1.165) is 94.4 Å². The highest BCUT2D eigenvalue weighted by atomic mass is 16.3. The molecule has 0 unspecified atom stereocenters. The van der Waals surface area contributed by atoms with Gasteiger partial charge in [-0.3, -0.25) is 4.98 Å². The van der Waals surface area contributed by atoms with Gasteiger partial charge in [-0.2, -0.15) is 0 Å². The summed E-state index contributed by atoms with van der Waals surface area (Å²) < 4.78 is 19.8. The van der Waals surface area contributed by atoms with Gasteiger partial charge in [-0.25, -0.2) is 0 Å². The van der Waals surface area contributed by atoms with Gasteiger partial charge in [0.15, 0.2) is 5.58 Å². The Kier molecular flexibility index (Phi) is 7.79. The second kappa shape index (κ2) is 14.4. The maximum atomic E-state index is 6.51. The Bertz CT molecular complexity index is 4890. The highest BCUT2D eigenvalue weighted by molar-refractivity contribution is 6.15. The van der Waals surface area contributed by atoms with E-state index >= 15 is 0 Å². The fourth-order valence-corrected chi connectivity index (χ4v) is 11.7. The largest absolute Gasteiger partial charge is 0.456 e. The highest BCUT2D eigenvalue weighted by Gasteiger charge is 2.20. The molecule has 0 amide bonds. The van der Waals surface area contributed by atoms with Crippen molar-refractivity contribution in [1.29, 1.82) is 0 Å². The average molecular weight is 907 g/mol. The topological polar surface area (TPSA) is 54.0 Å². The molecule has 0 N–H and O–H groups in total. The molecule has 6 nitrogen and oxygen atoms in total. The SMILES string of the molecule is c1ccc(-n2c3ccccc3c3cc(-n4c5ccccc5c5cc(-c6ccc7oc8ccc(-c9ccc%10c(c9)c9ccccc9n%10-c9ccc%10oc%11cccnc%11c%10c9)cc8c7c6)ccc54)ccc32)cc1. The van der Waals surface area contributed by atoms with Gasteiger partial charge in [-0.1, -0.05) is 97.1 Å². The van der Waals surface area contributed by atoms with Gasteiger partial charge in [0.2, 0.25) is 0 Å². The number of nitrogens with zero attached hydrogens (tertiary/aromatic N) is 4. The van der Waals surface area contributed by atoms with E-state index in [2.05, 4.69) is 231 Å². The molecule has 0 aliphatic carbocycles. The Morgan fingerprint density at radius 1 is 0.254 bits per heavy atom. The molecule has 71 heavy (non-hydrogen) atoms. The maximum absolute atomic E-state index is 6.51. The first-order chi connectivity index (χ1) is 35.2. The molecule has 16 aromatic rings. The van der Waals surface area contributed by atoms with E-state index < -0.39 is 0 Å². The van der Waals surface area contributed by atoms with Crippen LogP contribution in [0.4, 0.5) is 0 Å². The molecular weight excluding hydrogens is 869 g/mol. The number of pyridine rings is 1. The van der Waals surface area contributed by atoms with Crippen molar-refractivity contribution >= 4 is 109 Å². The Labute approximate surface area is 405 Å². The van der Waals surface area contributed by atoms with Gasteiger partial charge in [0.1, 0.15) is 22.3 Å². The summed E-state index contributed by atoms with van der Waals surface area (Å²) in [4.78, 5) is 4.66. The Morgan fingerprint density at radius 3 is 1.23 bits per heavy atom. The fourth-order valence-electron chi connectivity index (χ4n) is 11.7. The molecule has 16 rings (SSSR count). The van der Waals surface area contributed by atoms with Gasteiger partial charge in [0, 0.05) is 71.7 Å². The van der Waals surface area contributed by atoms with Crippen molar-refractivity contribution in [1.82, 2.24) is 18.7 Å². The molecule has 0 radical (unpaired) electrons. The molecule has 0 aliphatic rings. The zero-order valence-electron chi connectivity index (χ0n) is 38.0. The number of hydrogen-bond acceptors (Lipinski definition) is 3. The Hall–Kier alpha value is -9.65. The lowest BCUT2D eigenvalue weighted by Gasteiger charge is -2.10. The molecule has 0 saturated carbocycles. The molecule has 0 bridgehead atoms. The summed E-state index contributed by atoms with van der Waals surface area (Å²) >= 11 is 0. The van der Waals surface area contributed by atoms with Crippen LogP contribution in [0, 0.1) is 0 Å². The van der Waals surface area contributed by atoms with Crippen LogP contribution in [0.1, 0.15) is 0 Å². The van der Waals surface area contributed by atoms with Gasteiger partial charge in [-0.05, 0) is 150 Å². The summed E-state index contributed by atoms with van der Waals surface area (Å²) in [7, 11) is 0. The molecule has 0 saturated heterocycles. The van der Waals surface area contributed by atoms with E-state index in [1.54, 1.807) is 0 Å². The number of rotatable bonds is 5. The molecule has 0 aliphatic heterocycles. The summed E-state index contributed by atoms with van der Waals surface area (Å²) in [5, 5.41) is 10.5. The van der Waals surface area contributed by atoms with E-state index in [1.165, 1.54) is 54.4 Å². The van der Waals surface area contributed by atoms with Crippen molar-refractivity contribution in [2.75, 3.05) is 0 Å². The first kappa shape index (κ1) is 38.3. The lowest BCUT2D eigenvalue weighted by Crippen LogP contribution is -1.95. The smallest absolute Gasteiger partial charge is 0.153 e. The van der Waals surface area contributed by atoms with Crippen LogP contribution >= 0.6 is 0 Å². The third-order valence-electron chi connectivity index (χ3n) is 14.9. The van der Waals surface area contributed by atoms with Crippen LogP contribution in [0.2, 0.25) is 0 Å². The minimum atomic E-state index is 0.793. The molecule has 0 fully saturated rings. The average Bonchev–Trinajstić information content (AvgIpc) is 4.24. The first-order valence-electron chi connectivity index (χ1n) is 24.1. The quantitative estimate of drug-likeness (QED) is 0.173. The number of fused-ring (bicyclic) bond motifs is 15. The zero-order chi connectivity index (χ0) is 46.3. The predicted octanol–water partition coefficient (Wildman–Crippen LogP) is 17.5. The van der Waals surface area contributed by atoms with Crippen molar-refractivity contribution in [2.45, 2.75) is 0 Å². The van der Waals surface area contributed by atoms with Crippen LogP contribution in [0.5, 0.6) is 0 Å². The van der Waals surface area contributed by atoms with E-state index in [-0.39, 0.29) is 0 Å². The summed E-state index contributed by atoms with van der Waals surface area (Å²) in [5.41, 5.74) is 19.2. The number of hydrogen-bond donors (Lipinski definition) is 0. The Morgan fingerprint density at radius 2 is 0.648 bits per heavy atom. The third-order valence-corrected chi connectivity index (χ3v) is 14.9. The molecular formula is C65H38N4O2. The predicted molar refractivity (Wildman–Crippen MR) is 293 cm³/mol. The minimum absolute atomic E-state index is 0.793. The van der Waals surface area contributed by atoms with Crippen LogP contribution in [0.25, 0.3) is 149 Å². The van der Waals surface area contributed by atoms with Crippen molar-refractivity contribution in [3.05, 3.63) is 231 Å². The van der Waals surface area contributed by atoms with E-state index in [9.17, 15) is 0 Å². The van der Waals surface area contributed by atoms with Crippen LogP contribution in [-0.4, -0.2) is 18.7 Å². The van der Waals surface area contributed by atoms with Gasteiger partial charge in [0.05, 0.1) is 33.1 Å². The van der Waals surface area contributed by atoms with E-state index in [4.69, 9.17) is 8.83 Å². The monoisotopic (exact) mass is 906 g/mol. The second-order valence-corrected chi connectivity index (χ2v) is 18.7. The maximum Gasteiger partial charge on any atom is 0.153 e. The molecule has 0 spiro atoms. The standard InChI is InChI=1S/C65H38N4O2/c1-2-11-43(12-3-1)67-55-16-7-6-15-48(55)51-37-44(24-28-60(51)67)68-56-17-8-4-13-46(56)49-33-39(20-26-58(49)68)41-22-29-61-52(35-41)53-36-42(23-30-62(53)70-61)40-21-27-59-50(34-40)47-14-5-9-18-57(47)69(59)45-25-31-63-54(38-45)65-64(71-63)19-10-32-66-65/h1-38H. The summed E-state index contributed by atoms with van der Waals surface area (Å²) in [5.74, 6) is 0. The summed E-state index contributed by atoms with van der Waals surface area (Å²) in [6.45, 7) is 0. The number of para-hydroxylation sites is 4. The van der Waals surface area contributed by atoms with Gasteiger partial charge in [0.25, 0.3) is 0 Å². The number of aromatic nitrogens is 4. The van der Waals surface area contributed by atoms with Gasteiger partial charge in [-0.15, -0.1) is 0 Å². The summed E-state index contributed by atoms with van der Waals surface area (Å²) in [6.07, 6.45) is 1.82. The van der Waals surface area contributed by atoms with Crippen molar-refractivity contribution in [3.8, 4) is 39.3 Å². The molecule has 330 valence electrons. The molecule has 0 atom stereocenters. The second-order valence-electron chi connectivity index (χ2n) is 18.7. The summed E-state index contributed by atoms with van der Waals surface area (Å²) in [6, 6.07) is 81.0. The van der Waals surface area contributed by atoms with Crippen molar-refractivity contribution < 1.29 is 8.83 Å². The molecule has 6 heterocycles. The lowest BCUT2D eigenvalue weighted by molar-refractivity contribution is 0.668. The first-order valence-corrected chi connectivity index (χ1v) is 24.1. The van der Waals surface area contributed by atoms with Crippen LogP contribution < -0.4 is 0 Å². The molecule has 6 heteroatoms. The van der Waals surface area contributed by atoms with Gasteiger partial charge < -0.3 is 22.5 Å². The van der Waals surface area contributed by atoms with E-state index in [1.807, 2.05) is 18.3 Å². The van der Waals surface area contributed by atoms with Crippen LogP contribution in [-0.2, 0) is 0 Å². The molecule has 6 aromatic heterocycles. The van der Waals surface area contributed by atoms with Crippen LogP contribution in [0.15, 0.2) is 239 Å². The van der Waals surface area contributed by atoms with Gasteiger partial charge >= 0.3 is 0 Å². The zero-order valence-corrected chi connectivity index (χ0v) is 38.0. The minimum Gasteiger partial charge on any atom is -0.456 e. The molecule has 10 aromatic carbocycles. The Balaban J connectivity index is 0.797. The number of furan rings is 2. The number of benzene rings is 10. The van der Waals surface area contributed by atoms with E-state index in [0.29, 0.717) is 0 Å². The fraction of sp³-hybridized carbons (Fsp3) is 0. The van der Waals surface area contributed by atoms with Crippen molar-refractivity contribution in [3.63, 3.8) is 0 Å². The lowest BCUT2D eigenvalue weighted by atomic mass is 9.98. The highest BCUT2D eigenvalue weighted by Crippen LogP contribution is 2.42. The normalized spacial score (nSPS) is 12.2. The van der Waals surface area contributed by atoms with Crippen molar-refractivity contribution in [2.24, 2.45) is 0 Å². The van der Waals surface area contributed by atoms with Crippen LogP contribution in [0.3, 0.4) is 0 Å². The third kappa shape index (κ3) is 5.55.